The first-order chi connectivity index (χ1) is 13.9. The van der Waals surface area contributed by atoms with Crippen molar-refractivity contribution in [3.63, 3.8) is 0 Å². The number of hydrogen-bond donors (Lipinski definition) is 3. The van der Waals surface area contributed by atoms with Crippen LogP contribution in [0.4, 0.5) is 0 Å². The second-order valence-corrected chi connectivity index (χ2v) is 9.64. The fraction of sp³-hybridized carbons (Fsp3) is 0.650. The zero-order chi connectivity index (χ0) is 20.7. The van der Waals surface area contributed by atoms with E-state index in [4.69, 9.17) is 0 Å². The van der Waals surface area contributed by atoms with Crippen molar-refractivity contribution in [3.8, 4) is 0 Å². The average Bonchev–Trinajstić information content (AvgIpc) is 3.37. The zero-order valence-corrected chi connectivity index (χ0v) is 17.5. The molecule has 0 saturated carbocycles. The third-order valence-corrected chi connectivity index (χ3v) is 7.83. The molecule has 3 aliphatic rings. The van der Waals surface area contributed by atoms with Crippen molar-refractivity contribution < 1.29 is 19.8 Å². The fourth-order valence-electron chi connectivity index (χ4n) is 4.89. The van der Waals surface area contributed by atoms with E-state index in [9.17, 15) is 19.8 Å². The monoisotopic (exact) mass is 420 g/mol. The number of β-lactam (4-membered cyclic amide) rings is 1. The Hall–Kier alpha value is -1.84. The normalized spacial score (nSPS) is 32.4. The quantitative estimate of drug-likeness (QED) is 0.544. The summed E-state index contributed by atoms with van der Waals surface area (Å²) >= 11 is 1.60. The Balaban J connectivity index is 1.37. The van der Waals surface area contributed by atoms with Crippen molar-refractivity contribution in [2.45, 2.75) is 63.1 Å². The summed E-state index contributed by atoms with van der Waals surface area (Å²) in [5.74, 6) is -1.90. The average molecular weight is 421 g/mol. The molecule has 2 fully saturated rings. The highest BCUT2D eigenvalue weighted by Gasteiger charge is 2.60. The van der Waals surface area contributed by atoms with Gasteiger partial charge in [-0.2, -0.15) is 0 Å². The maximum Gasteiger partial charge on any atom is 0.353 e. The summed E-state index contributed by atoms with van der Waals surface area (Å²) in [4.78, 5) is 30.6. The summed E-state index contributed by atoms with van der Waals surface area (Å²) in [6, 6.07) is 0.182. The smallest absolute Gasteiger partial charge is 0.353 e. The standard InChI is InChI=1S/C20H28N4O4S/c1-11-16-15(12(2)25)19(26)24(16)17(20(27)28)18(11)29-14-8-13(22-9-14)4-3-6-23-7-5-21-10-23/h5,7,10-16,22,25H,3-4,6,8-9H2,1-2H3,(H,27,28)/t11-,12-,13-,14+,15-,16-/m1/s1. The number of aryl methyl sites for hydroxylation is 1. The van der Waals surface area contributed by atoms with E-state index >= 15 is 0 Å². The van der Waals surface area contributed by atoms with Crippen molar-refractivity contribution in [2.24, 2.45) is 11.8 Å². The molecule has 1 aromatic rings. The SMILES string of the molecule is C[C@@H](O)[C@H]1C(=O)N2C(C(=O)O)=C(S[C@@H]3CN[C@H](CCCn4ccnc4)C3)[C@H](C)[C@H]12. The van der Waals surface area contributed by atoms with Gasteiger partial charge in [0.15, 0.2) is 0 Å². The molecule has 0 radical (unpaired) electrons. The minimum Gasteiger partial charge on any atom is -0.477 e. The Morgan fingerprint density at radius 1 is 1.48 bits per heavy atom. The van der Waals surface area contributed by atoms with Crippen LogP contribution in [-0.2, 0) is 16.1 Å². The van der Waals surface area contributed by atoms with E-state index in [1.54, 1.807) is 24.9 Å². The molecule has 3 N–H and O–H groups in total. The van der Waals surface area contributed by atoms with Crippen LogP contribution in [0.1, 0.15) is 33.1 Å². The minimum atomic E-state index is -1.05. The molecule has 4 rings (SSSR count). The van der Waals surface area contributed by atoms with Crippen molar-refractivity contribution in [3.05, 3.63) is 29.3 Å². The molecule has 0 aromatic carbocycles. The molecule has 8 nitrogen and oxygen atoms in total. The number of imidazole rings is 1. The number of carbonyl (C=O) groups excluding carboxylic acids is 1. The number of carboxylic acid groups (broad SMARTS) is 1. The number of thioether (sulfide) groups is 1. The number of carboxylic acids is 1. The largest absolute Gasteiger partial charge is 0.477 e. The Bertz CT molecular complexity index is 809. The molecular formula is C20H28N4O4S. The lowest BCUT2D eigenvalue weighted by atomic mass is 9.79. The fourth-order valence-corrected chi connectivity index (χ4v) is 6.41. The third kappa shape index (κ3) is 3.71. The number of amides is 1. The zero-order valence-electron chi connectivity index (χ0n) is 16.7. The topological polar surface area (TPSA) is 108 Å². The third-order valence-electron chi connectivity index (χ3n) is 6.31. The van der Waals surface area contributed by atoms with E-state index in [1.165, 1.54) is 4.90 Å². The molecule has 0 aliphatic carbocycles. The highest BCUT2D eigenvalue weighted by atomic mass is 32.2. The number of fused-ring (bicyclic) bond motifs is 1. The number of aliphatic hydroxyl groups is 1. The Labute approximate surface area is 174 Å². The molecule has 0 unspecified atom stereocenters. The molecule has 2 saturated heterocycles. The highest BCUT2D eigenvalue weighted by Crippen LogP contribution is 2.51. The van der Waals surface area contributed by atoms with E-state index in [-0.39, 0.29) is 23.6 Å². The lowest BCUT2D eigenvalue weighted by Crippen LogP contribution is -2.63. The van der Waals surface area contributed by atoms with Gasteiger partial charge in [-0.15, -0.1) is 11.8 Å². The van der Waals surface area contributed by atoms with Gasteiger partial charge in [0.1, 0.15) is 5.70 Å². The Kier molecular flexibility index (Phi) is 5.72. The summed E-state index contributed by atoms with van der Waals surface area (Å²) in [5.41, 5.74) is 0.123. The van der Waals surface area contributed by atoms with Gasteiger partial charge in [0.25, 0.3) is 0 Å². The lowest BCUT2D eigenvalue weighted by Gasteiger charge is -2.46. The number of nitrogens with zero attached hydrogens (tertiary/aromatic N) is 3. The van der Waals surface area contributed by atoms with E-state index in [0.29, 0.717) is 11.3 Å². The van der Waals surface area contributed by atoms with Crippen molar-refractivity contribution in [1.29, 1.82) is 0 Å². The number of aromatic nitrogens is 2. The van der Waals surface area contributed by atoms with E-state index < -0.39 is 18.0 Å². The number of nitrogens with one attached hydrogen (secondary N) is 1. The maximum atomic E-state index is 12.4. The van der Waals surface area contributed by atoms with Crippen LogP contribution in [0.5, 0.6) is 0 Å². The summed E-state index contributed by atoms with van der Waals surface area (Å²) in [6.07, 6.45) is 7.92. The molecular weight excluding hydrogens is 392 g/mol. The second-order valence-electron chi connectivity index (χ2n) is 8.30. The first-order valence-corrected chi connectivity index (χ1v) is 11.1. The van der Waals surface area contributed by atoms with E-state index in [0.717, 1.165) is 37.3 Å². The van der Waals surface area contributed by atoms with Crippen LogP contribution in [0.2, 0.25) is 0 Å². The van der Waals surface area contributed by atoms with Crippen molar-refractivity contribution >= 4 is 23.6 Å². The van der Waals surface area contributed by atoms with Crippen LogP contribution in [0.15, 0.2) is 29.3 Å². The van der Waals surface area contributed by atoms with Crippen LogP contribution < -0.4 is 5.32 Å². The molecule has 1 aromatic heterocycles. The Morgan fingerprint density at radius 2 is 2.28 bits per heavy atom. The molecule has 0 spiro atoms. The number of rotatable bonds is 8. The van der Waals surface area contributed by atoms with Crippen LogP contribution >= 0.6 is 11.8 Å². The molecule has 158 valence electrons. The van der Waals surface area contributed by atoms with E-state index in [1.807, 2.05) is 19.4 Å². The summed E-state index contributed by atoms with van der Waals surface area (Å²) in [6.45, 7) is 5.36. The van der Waals surface area contributed by atoms with Crippen molar-refractivity contribution in [1.82, 2.24) is 19.8 Å². The van der Waals surface area contributed by atoms with Gasteiger partial charge < -0.3 is 25.0 Å². The number of aliphatic hydroxyl groups excluding tert-OH is 1. The van der Waals surface area contributed by atoms with Gasteiger partial charge in [-0.1, -0.05) is 6.92 Å². The second kappa shape index (κ2) is 8.12. The predicted octanol–water partition coefficient (Wildman–Crippen LogP) is 1.28. The molecule has 6 atom stereocenters. The van der Waals surface area contributed by atoms with Gasteiger partial charge in [0, 0.05) is 47.6 Å². The van der Waals surface area contributed by atoms with Gasteiger partial charge in [-0.25, -0.2) is 9.78 Å². The van der Waals surface area contributed by atoms with E-state index in [2.05, 4.69) is 14.9 Å². The molecule has 29 heavy (non-hydrogen) atoms. The van der Waals surface area contributed by atoms with Crippen LogP contribution in [-0.4, -0.2) is 66.5 Å². The maximum absolute atomic E-state index is 12.4. The predicted molar refractivity (Wildman–Crippen MR) is 109 cm³/mol. The van der Waals surface area contributed by atoms with Gasteiger partial charge in [-0.3, -0.25) is 4.79 Å². The number of hydrogen-bond acceptors (Lipinski definition) is 6. The van der Waals surface area contributed by atoms with Gasteiger partial charge in [0.2, 0.25) is 5.91 Å². The van der Waals surface area contributed by atoms with Gasteiger partial charge in [-0.05, 0) is 26.2 Å². The minimum absolute atomic E-state index is 0.0660. The first kappa shape index (κ1) is 20.4. The summed E-state index contributed by atoms with van der Waals surface area (Å²) in [5, 5.41) is 23.5. The molecule has 3 aliphatic heterocycles. The summed E-state index contributed by atoms with van der Waals surface area (Å²) in [7, 11) is 0. The van der Waals surface area contributed by atoms with Crippen LogP contribution in [0, 0.1) is 11.8 Å². The molecule has 4 heterocycles. The molecule has 0 bridgehead atoms. The van der Waals surface area contributed by atoms with Crippen LogP contribution in [0.3, 0.4) is 0 Å². The lowest BCUT2D eigenvalue weighted by molar-refractivity contribution is -0.163. The van der Waals surface area contributed by atoms with Gasteiger partial charge >= 0.3 is 5.97 Å². The summed E-state index contributed by atoms with van der Waals surface area (Å²) < 4.78 is 2.07. The highest BCUT2D eigenvalue weighted by molar-refractivity contribution is 8.03. The van der Waals surface area contributed by atoms with Crippen LogP contribution in [0.25, 0.3) is 0 Å². The molecule has 1 amide bonds. The number of aliphatic carboxylic acids is 1. The molecule has 9 heteroatoms. The first-order valence-electron chi connectivity index (χ1n) is 10.2. The van der Waals surface area contributed by atoms with Gasteiger partial charge in [0.05, 0.1) is 24.4 Å². The Morgan fingerprint density at radius 3 is 2.93 bits per heavy atom. The van der Waals surface area contributed by atoms with Crippen molar-refractivity contribution in [2.75, 3.05) is 6.54 Å². The number of carbonyl (C=O) groups is 2.